The second kappa shape index (κ2) is 11.9. The van der Waals surface area contributed by atoms with Crippen LogP contribution >= 0.6 is 11.8 Å². The SMILES string of the molecule is COc1ccc(N2C(=O)CSC23C(=O)N(CC(=O)NN2C(=O)/C(=C/c4ccc(C)cc4)N=C2c2ccccc2)c2ccccc23)cc1. The summed E-state index contributed by atoms with van der Waals surface area (Å²) in [5.41, 5.74) is 7.02. The monoisotopic (exact) mass is 643 g/mol. The molecule has 3 aliphatic heterocycles. The first-order valence-electron chi connectivity index (χ1n) is 14.9. The van der Waals surface area contributed by atoms with Crippen LogP contribution in [0.5, 0.6) is 5.75 Å². The zero-order valence-electron chi connectivity index (χ0n) is 25.5. The fraction of sp³-hybridized carbons (Fsp3) is 0.139. The average Bonchev–Trinajstić information content (AvgIpc) is 3.68. The maximum Gasteiger partial charge on any atom is 0.297 e. The lowest BCUT2D eigenvalue weighted by Gasteiger charge is -2.33. The molecule has 0 radical (unpaired) electrons. The third-order valence-electron chi connectivity index (χ3n) is 8.21. The van der Waals surface area contributed by atoms with Crippen molar-refractivity contribution in [1.82, 2.24) is 10.4 Å². The van der Waals surface area contributed by atoms with Crippen LogP contribution in [-0.2, 0) is 24.0 Å². The lowest BCUT2D eigenvalue weighted by molar-refractivity contribution is -0.133. The maximum atomic E-state index is 14.4. The molecule has 0 bridgehead atoms. The van der Waals surface area contributed by atoms with E-state index in [0.717, 1.165) is 16.1 Å². The summed E-state index contributed by atoms with van der Waals surface area (Å²) in [5.74, 6) is -0.811. The van der Waals surface area contributed by atoms with Crippen LogP contribution in [0.25, 0.3) is 6.08 Å². The van der Waals surface area contributed by atoms with Gasteiger partial charge >= 0.3 is 0 Å². The number of aliphatic imine (C=N–C) groups is 1. The van der Waals surface area contributed by atoms with Crippen LogP contribution in [0.4, 0.5) is 11.4 Å². The molecule has 4 amide bonds. The number of fused-ring (bicyclic) bond motifs is 2. The topological polar surface area (TPSA) is 112 Å². The Morgan fingerprint density at radius 2 is 1.64 bits per heavy atom. The molecule has 4 aromatic rings. The maximum absolute atomic E-state index is 14.4. The smallest absolute Gasteiger partial charge is 0.297 e. The summed E-state index contributed by atoms with van der Waals surface area (Å²) < 4.78 is 5.28. The summed E-state index contributed by atoms with van der Waals surface area (Å²) in [6.07, 6.45) is 1.67. The molecule has 1 N–H and O–H groups in total. The highest BCUT2D eigenvalue weighted by molar-refractivity contribution is 8.02. The number of carbonyl (C=O) groups is 4. The van der Waals surface area contributed by atoms with E-state index in [4.69, 9.17) is 4.74 Å². The number of aryl methyl sites for hydroxylation is 1. The molecule has 1 saturated heterocycles. The number of benzene rings is 4. The van der Waals surface area contributed by atoms with Crippen LogP contribution in [0.15, 0.2) is 114 Å². The number of nitrogens with zero attached hydrogens (tertiary/aromatic N) is 4. The number of hydrogen-bond donors (Lipinski definition) is 1. The highest BCUT2D eigenvalue weighted by Crippen LogP contribution is 2.55. The third-order valence-corrected chi connectivity index (χ3v) is 9.59. The molecular formula is C36H29N5O5S. The molecule has 1 spiro atoms. The van der Waals surface area contributed by atoms with Crippen LogP contribution in [0.3, 0.4) is 0 Å². The Hall–Kier alpha value is -5.68. The molecule has 1 unspecified atom stereocenters. The lowest BCUT2D eigenvalue weighted by atomic mass is 10.0. The Labute approximate surface area is 275 Å². The molecule has 1 atom stereocenters. The van der Waals surface area contributed by atoms with E-state index in [9.17, 15) is 19.2 Å². The minimum Gasteiger partial charge on any atom is -0.497 e. The van der Waals surface area contributed by atoms with E-state index in [-0.39, 0.29) is 23.2 Å². The number of anilines is 2. The number of hydrogen-bond acceptors (Lipinski definition) is 7. The van der Waals surface area contributed by atoms with Gasteiger partial charge in [0.25, 0.3) is 17.7 Å². The number of hydrazine groups is 1. The quantitative estimate of drug-likeness (QED) is 0.294. The fourth-order valence-electron chi connectivity index (χ4n) is 5.97. The van der Waals surface area contributed by atoms with Gasteiger partial charge in [-0.15, -0.1) is 11.8 Å². The molecule has 11 heteroatoms. The molecule has 10 nitrogen and oxygen atoms in total. The molecule has 7 rings (SSSR count). The summed E-state index contributed by atoms with van der Waals surface area (Å²) in [7, 11) is 1.55. The van der Waals surface area contributed by atoms with E-state index in [2.05, 4.69) is 10.4 Å². The number of amidine groups is 1. The van der Waals surface area contributed by atoms with Crippen LogP contribution in [-0.4, -0.2) is 53.9 Å². The Morgan fingerprint density at radius 1 is 0.936 bits per heavy atom. The highest BCUT2D eigenvalue weighted by atomic mass is 32.2. The Kier molecular flexibility index (Phi) is 7.61. The van der Waals surface area contributed by atoms with Crippen molar-refractivity contribution >= 4 is 58.7 Å². The van der Waals surface area contributed by atoms with E-state index in [0.29, 0.717) is 28.3 Å². The normalized spacial score (nSPS) is 19.5. The van der Waals surface area contributed by atoms with Gasteiger partial charge in [-0.1, -0.05) is 78.4 Å². The van der Waals surface area contributed by atoms with Crippen molar-refractivity contribution in [1.29, 1.82) is 0 Å². The van der Waals surface area contributed by atoms with E-state index in [1.807, 2.05) is 49.4 Å². The van der Waals surface area contributed by atoms with Gasteiger partial charge in [0, 0.05) is 16.8 Å². The van der Waals surface area contributed by atoms with Crippen LogP contribution in [0, 0.1) is 6.92 Å². The molecule has 3 aliphatic rings. The van der Waals surface area contributed by atoms with Gasteiger partial charge in [0.15, 0.2) is 5.84 Å². The summed E-state index contributed by atoms with van der Waals surface area (Å²) in [5, 5.41) is 1.12. The fourth-order valence-corrected chi connectivity index (χ4v) is 7.33. The predicted octanol–water partition coefficient (Wildman–Crippen LogP) is 4.64. The molecule has 3 heterocycles. The highest BCUT2D eigenvalue weighted by Gasteiger charge is 2.61. The van der Waals surface area contributed by atoms with Crippen LogP contribution < -0.4 is 20.0 Å². The van der Waals surface area contributed by atoms with Crippen LogP contribution in [0.2, 0.25) is 0 Å². The minimum atomic E-state index is -1.40. The van der Waals surface area contributed by atoms with Gasteiger partial charge in [0.05, 0.1) is 18.6 Å². The standard InChI is InChI=1S/C36H29N5O5S/c1-23-12-14-24(15-13-23)20-29-34(44)41(33(37-29)25-8-4-3-5-9-25)38-31(42)21-39-30-11-7-6-10-28(30)36(35(39)45)40(32(43)22-47-36)26-16-18-27(46-2)19-17-26/h3-20H,21-22H2,1-2H3,(H,38,42)/b29-20-. The molecule has 4 aromatic carbocycles. The Bertz CT molecular complexity index is 1980. The lowest BCUT2D eigenvalue weighted by Crippen LogP contribution is -2.54. The van der Waals surface area contributed by atoms with Gasteiger partial charge in [-0.3, -0.25) is 34.4 Å². The van der Waals surface area contributed by atoms with Gasteiger partial charge in [-0.2, -0.15) is 5.01 Å². The Morgan fingerprint density at radius 3 is 2.36 bits per heavy atom. The number of para-hydroxylation sites is 1. The number of ether oxygens (including phenoxy) is 1. The van der Waals surface area contributed by atoms with Gasteiger partial charge in [-0.25, -0.2) is 4.99 Å². The minimum absolute atomic E-state index is 0.0847. The van der Waals surface area contributed by atoms with E-state index < -0.39 is 29.1 Å². The van der Waals surface area contributed by atoms with E-state index in [1.165, 1.54) is 21.6 Å². The molecule has 47 heavy (non-hydrogen) atoms. The zero-order chi connectivity index (χ0) is 32.7. The van der Waals surface area contributed by atoms with Crippen molar-refractivity contribution in [2.24, 2.45) is 4.99 Å². The summed E-state index contributed by atoms with van der Waals surface area (Å²) >= 11 is 1.22. The molecule has 234 valence electrons. The number of carbonyl (C=O) groups excluding carboxylic acids is 4. The number of methoxy groups -OCH3 is 1. The van der Waals surface area contributed by atoms with Crippen molar-refractivity contribution in [3.05, 3.63) is 131 Å². The van der Waals surface area contributed by atoms with Gasteiger partial charge in [0.1, 0.15) is 18.0 Å². The third kappa shape index (κ3) is 5.14. The largest absolute Gasteiger partial charge is 0.497 e. The van der Waals surface area contributed by atoms with Crippen molar-refractivity contribution in [3.63, 3.8) is 0 Å². The average molecular weight is 644 g/mol. The number of thioether (sulfide) groups is 1. The van der Waals surface area contributed by atoms with Crippen molar-refractivity contribution in [3.8, 4) is 5.75 Å². The first-order valence-corrected chi connectivity index (χ1v) is 15.9. The van der Waals surface area contributed by atoms with Crippen molar-refractivity contribution < 1.29 is 23.9 Å². The van der Waals surface area contributed by atoms with Gasteiger partial charge in [0.2, 0.25) is 10.8 Å². The van der Waals surface area contributed by atoms with E-state index >= 15 is 0 Å². The number of rotatable bonds is 7. The molecule has 0 saturated carbocycles. The van der Waals surface area contributed by atoms with Gasteiger partial charge in [-0.05, 0) is 48.9 Å². The second-order valence-electron chi connectivity index (χ2n) is 11.2. The van der Waals surface area contributed by atoms with E-state index in [1.54, 1.807) is 73.8 Å². The first kappa shape index (κ1) is 30.0. The summed E-state index contributed by atoms with van der Waals surface area (Å²) in [6.45, 7) is 1.58. The Balaban J connectivity index is 1.19. The molecular weight excluding hydrogens is 614 g/mol. The molecule has 1 fully saturated rings. The molecule has 0 aromatic heterocycles. The zero-order valence-corrected chi connectivity index (χ0v) is 26.4. The predicted molar refractivity (Wildman–Crippen MR) is 181 cm³/mol. The molecule has 0 aliphatic carbocycles. The van der Waals surface area contributed by atoms with Crippen LogP contribution in [0.1, 0.15) is 22.3 Å². The van der Waals surface area contributed by atoms with Gasteiger partial charge < -0.3 is 4.74 Å². The summed E-state index contributed by atoms with van der Waals surface area (Å²) in [4.78, 5) is 61.3. The summed E-state index contributed by atoms with van der Waals surface area (Å²) in [6, 6.07) is 30.8. The first-order chi connectivity index (χ1) is 22.8. The van der Waals surface area contributed by atoms with Crippen molar-refractivity contribution in [2.45, 2.75) is 11.8 Å². The second-order valence-corrected chi connectivity index (χ2v) is 12.4. The van der Waals surface area contributed by atoms with Crippen molar-refractivity contribution in [2.75, 3.05) is 29.2 Å². The number of amides is 4. The number of nitrogens with one attached hydrogen (secondary N) is 1.